The summed E-state index contributed by atoms with van der Waals surface area (Å²) in [5.74, 6) is -0.868. The van der Waals surface area contributed by atoms with Crippen LogP contribution in [0.2, 0.25) is 0 Å². The van der Waals surface area contributed by atoms with Crippen LogP contribution in [0.4, 0.5) is 0 Å². The summed E-state index contributed by atoms with van der Waals surface area (Å²) in [5.41, 5.74) is 0. The minimum absolute atomic E-state index is 0.0735. The lowest BCUT2D eigenvalue weighted by atomic mass is 10.0. The fourth-order valence-corrected chi connectivity index (χ4v) is 9.80. The molecule has 456 valence electrons. The van der Waals surface area contributed by atoms with Gasteiger partial charge in [-0.05, 0) is 96.3 Å². The van der Waals surface area contributed by atoms with E-state index in [9.17, 15) is 14.4 Å². The van der Waals surface area contributed by atoms with Gasteiger partial charge in [0, 0.05) is 19.3 Å². The van der Waals surface area contributed by atoms with E-state index >= 15 is 0 Å². The van der Waals surface area contributed by atoms with Crippen molar-refractivity contribution in [3.05, 3.63) is 85.1 Å². The molecule has 0 aliphatic carbocycles. The highest BCUT2D eigenvalue weighted by atomic mass is 16.6. The SMILES string of the molecule is CC/C=C\C/C=C\C/C=C\C/C=C\C/C=C\C/C=C\CCCCCCCCCCCCCCC(=O)OCC(COC(=O)CCCCCCCCC)OC(=O)CCCCCCCCCCCCC/C=C\CCCCCCCCCC. The van der Waals surface area contributed by atoms with E-state index in [-0.39, 0.29) is 31.1 Å². The number of esters is 3. The van der Waals surface area contributed by atoms with E-state index in [2.05, 4.69) is 106 Å². The van der Waals surface area contributed by atoms with Crippen LogP contribution in [0.5, 0.6) is 0 Å². The number of allylic oxidation sites excluding steroid dienone is 14. The van der Waals surface area contributed by atoms with Crippen LogP contribution in [-0.4, -0.2) is 37.2 Å². The van der Waals surface area contributed by atoms with Gasteiger partial charge in [0.2, 0.25) is 0 Å². The third kappa shape index (κ3) is 65.3. The summed E-state index contributed by atoms with van der Waals surface area (Å²) >= 11 is 0. The molecular weight excluding hydrogens is 973 g/mol. The molecule has 1 unspecified atom stereocenters. The fraction of sp³-hybridized carbons (Fsp3) is 0.767. The highest BCUT2D eigenvalue weighted by molar-refractivity contribution is 5.71. The molecule has 6 nitrogen and oxygen atoms in total. The minimum atomic E-state index is -0.774. The zero-order valence-electron chi connectivity index (χ0n) is 52.4. The lowest BCUT2D eigenvalue weighted by Gasteiger charge is -2.18. The topological polar surface area (TPSA) is 78.9 Å². The van der Waals surface area contributed by atoms with Crippen molar-refractivity contribution in [1.29, 1.82) is 0 Å². The average Bonchev–Trinajstić information content (AvgIpc) is 3.45. The maximum atomic E-state index is 12.9. The van der Waals surface area contributed by atoms with Gasteiger partial charge in [-0.1, -0.05) is 311 Å². The van der Waals surface area contributed by atoms with Crippen molar-refractivity contribution >= 4 is 17.9 Å². The molecule has 0 heterocycles. The van der Waals surface area contributed by atoms with Crippen LogP contribution >= 0.6 is 0 Å². The molecule has 79 heavy (non-hydrogen) atoms. The molecule has 0 aromatic heterocycles. The highest BCUT2D eigenvalue weighted by Gasteiger charge is 2.19. The van der Waals surface area contributed by atoms with Crippen molar-refractivity contribution in [1.82, 2.24) is 0 Å². The smallest absolute Gasteiger partial charge is 0.306 e. The molecule has 0 rings (SSSR count). The van der Waals surface area contributed by atoms with E-state index in [1.165, 1.54) is 205 Å². The Bertz CT molecular complexity index is 1500. The second-order valence-electron chi connectivity index (χ2n) is 22.7. The Balaban J connectivity index is 4.08. The molecule has 0 N–H and O–H groups in total. The lowest BCUT2D eigenvalue weighted by Crippen LogP contribution is -2.30. The van der Waals surface area contributed by atoms with E-state index < -0.39 is 6.10 Å². The van der Waals surface area contributed by atoms with Crippen LogP contribution in [0.25, 0.3) is 0 Å². The molecule has 6 heteroatoms. The monoisotopic (exact) mass is 1100 g/mol. The number of ether oxygens (including phenoxy) is 3. The number of carbonyl (C=O) groups is 3. The molecule has 0 saturated heterocycles. The molecule has 0 fully saturated rings. The summed E-state index contributed by atoms with van der Waals surface area (Å²) in [6.45, 7) is 6.52. The van der Waals surface area contributed by atoms with E-state index in [1.54, 1.807) is 0 Å². The first kappa shape index (κ1) is 75.6. The van der Waals surface area contributed by atoms with Crippen molar-refractivity contribution < 1.29 is 28.6 Å². The van der Waals surface area contributed by atoms with Crippen LogP contribution in [0.15, 0.2) is 85.1 Å². The summed E-state index contributed by atoms with van der Waals surface area (Å²) in [4.78, 5) is 38.1. The summed E-state index contributed by atoms with van der Waals surface area (Å²) in [6, 6.07) is 0. The van der Waals surface area contributed by atoms with Gasteiger partial charge in [-0.2, -0.15) is 0 Å². The Morgan fingerprint density at radius 1 is 0.266 bits per heavy atom. The van der Waals surface area contributed by atoms with Gasteiger partial charge in [0.25, 0.3) is 0 Å². The number of unbranched alkanes of at least 4 members (excludes halogenated alkanes) is 37. The zero-order chi connectivity index (χ0) is 57.1. The van der Waals surface area contributed by atoms with Gasteiger partial charge in [-0.25, -0.2) is 0 Å². The third-order valence-electron chi connectivity index (χ3n) is 14.9. The van der Waals surface area contributed by atoms with E-state index in [0.717, 1.165) is 96.3 Å². The van der Waals surface area contributed by atoms with Crippen molar-refractivity contribution in [3.8, 4) is 0 Å². The first-order chi connectivity index (χ1) is 39.0. The second-order valence-corrected chi connectivity index (χ2v) is 22.7. The van der Waals surface area contributed by atoms with Crippen LogP contribution in [0.3, 0.4) is 0 Å². The molecule has 0 amide bonds. The standard InChI is InChI=1S/C73H128O6/c1-4-7-10-13-16-18-20-22-24-26-28-30-32-33-34-35-36-37-38-39-41-42-44-46-48-50-52-54-57-60-63-66-72(75)78-69-70(68-77-71(74)65-62-59-56-15-12-9-6-3)79-73(76)67-64-61-58-55-53-51-49-47-45-43-40-31-29-27-25-23-21-19-17-14-11-8-5-2/h7,10,16,18,22,24,27-30,33-34,36-37,70H,4-6,8-9,11-15,17,19-21,23,25-26,31-32,35,38-69H2,1-3H3/b10-7-,18-16-,24-22-,29-27-,30-28-,34-33-,37-36-. The Hall–Kier alpha value is -3.41. The summed E-state index contributed by atoms with van der Waals surface area (Å²) in [7, 11) is 0. The van der Waals surface area contributed by atoms with Gasteiger partial charge in [-0.3, -0.25) is 14.4 Å². The molecule has 0 aromatic rings. The van der Waals surface area contributed by atoms with Gasteiger partial charge in [0.05, 0.1) is 0 Å². The predicted octanol–water partition coefficient (Wildman–Crippen LogP) is 23.4. The molecule has 0 aliphatic rings. The Morgan fingerprint density at radius 2 is 0.494 bits per heavy atom. The normalized spacial score (nSPS) is 12.6. The van der Waals surface area contributed by atoms with Crippen molar-refractivity contribution in [3.63, 3.8) is 0 Å². The van der Waals surface area contributed by atoms with Crippen LogP contribution in [-0.2, 0) is 28.6 Å². The molecule has 0 saturated carbocycles. The number of hydrogen-bond donors (Lipinski definition) is 0. The molecule has 0 radical (unpaired) electrons. The zero-order valence-corrected chi connectivity index (χ0v) is 52.4. The van der Waals surface area contributed by atoms with Crippen molar-refractivity contribution in [2.75, 3.05) is 13.2 Å². The largest absolute Gasteiger partial charge is 0.462 e. The highest BCUT2D eigenvalue weighted by Crippen LogP contribution is 2.17. The Kier molecular flexibility index (Phi) is 64.2. The molecule has 0 spiro atoms. The number of rotatable bonds is 62. The van der Waals surface area contributed by atoms with Gasteiger partial charge in [0.15, 0.2) is 6.10 Å². The number of hydrogen-bond acceptors (Lipinski definition) is 6. The fourth-order valence-electron chi connectivity index (χ4n) is 9.80. The minimum Gasteiger partial charge on any atom is -0.462 e. The quantitative estimate of drug-likeness (QED) is 0.0261. The lowest BCUT2D eigenvalue weighted by molar-refractivity contribution is -0.167. The van der Waals surface area contributed by atoms with Crippen LogP contribution in [0, 0.1) is 0 Å². The van der Waals surface area contributed by atoms with Gasteiger partial charge < -0.3 is 14.2 Å². The molecule has 1 atom stereocenters. The maximum Gasteiger partial charge on any atom is 0.306 e. The molecule has 0 aromatic carbocycles. The first-order valence-corrected chi connectivity index (χ1v) is 34.1. The van der Waals surface area contributed by atoms with E-state index in [0.29, 0.717) is 19.3 Å². The Morgan fingerprint density at radius 3 is 0.785 bits per heavy atom. The first-order valence-electron chi connectivity index (χ1n) is 34.1. The molecule has 0 bridgehead atoms. The average molecular weight is 1100 g/mol. The van der Waals surface area contributed by atoms with Crippen LogP contribution < -0.4 is 0 Å². The van der Waals surface area contributed by atoms with Crippen molar-refractivity contribution in [2.45, 2.75) is 348 Å². The second kappa shape index (κ2) is 67.1. The van der Waals surface area contributed by atoms with Gasteiger partial charge in [0.1, 0.15) is 13.2 Å². The summed E-state index contributed by atoms with van der Waals surface area (Å²) in [6.07, 6.45) is 89.2. The number of carbonyl (C=O) groups excluding carboxylic acids is 3. The van der Waals surface area contributed by atoms with E-state index in [4.69, 9.17) is 14.2 Å². The van der Waals surface area contributed by atoms with E-state index in [1.807, 2.05) is 0 Å². The van der Waals surface area contributed by atoms with Crippen molar-refractivity contribution in [2.24, 2.45) is 0 Å². The van der Waals surface area contributed by atoms with Crippen LogP contribution in [0.1, 0.15) is 342 Å². The van der Waals surface area contributed by atoms with Gasteiger partial charge >= 0.3 is 17.9 Å². The van der Waals surface area contributed by atoms with Gasteiger partial charge in [-0.15, -0.1) is 0 Å². The third-order valence-corrected chi connectivity index (χ3v) is 14.9. The summed E-state index contributed by atoms with van der Waals surface area (Å²) < 4.78 is 16.9. The molecular formula is C73H128O6. The Labute approximate surface area is 490 Å². The maximum absolute atomic E-state index is 12.9. The predicted molar refractivity (Wildman–Crippen MR) is 344 cm³/mol. The summed E-state index contributed by atoms with van der Waals surface area (Å²) in [5, 5.41) is 0. The molecule has 0 aliphatic heterocycles.